The quantitative estimate of drug-likeness (QED) is 0.234. The first-order valence-electron chi connectivity index (χ1n) is 17.9. The van der Waals surface area contributed by atoms with Crippen molar-refractivity contribution in [1.82, 2.24) is 0 Å². The Kier molecular flexibility index (Phi) is 7.65. The summed E-state index contributed by atoms with van der Waals surface area (Å²) in [6.07, 6.45) is -1.11. The van der Waals surface area contributed by atoms with Gasteiger partial charge in [0.05, 0.1) is 42.2 Å². The van der Waals surface area contributed by atoms with E-state index in [0.717, 1.165) is 38.5 Å². The molecule has 2 saturated heterocycles. The maximum absolute atomic E-state index is 12.0. The van der Waals surface area contributed by atoms with Crippen molar-refractivity contribution in [2.75, 3.05) is 6.61 Å². The molecule has 0 bridgehead atoms. The topological polar surface area (TPSA) is 169 Å². The van der Waals surface area contributed by atoms with Gasteiger partial charge in [0.15, 0.2) is 6.29 Å². The minimum Gasteiger partial charge on any atom is -0.394 e. The van der Waals surface area contributed by atoms with Crippen LogP contribution < -0.4 is 0 Å². The van der Waals surface area contributed by atoms with Crippen molar-refractivity contribution in [2.24, 2.45) is 44.8 Å². The molecule has 17 atom stereocenters. The molecule has 7 rings (SSSR count). The summed E-state index contributed by atoms with van der Waals surface area (Å²) in [5, 5.41) is 76.1. The van der Waals surface area contributed by atoms with Crippen LogP contribution in [0.15, 0.2) is 0 Å². The Balaban J connectivity index is 1.27. The van der Waals surface area contributed by atoms with Crippen molar-refractivity contribution < 1.29 is 50.0 Å². The Morgan fingerprint density at radius 3 is 2.13 bits per heavy atom. The normalized spacial score (nSPS) is 59.3. The number of ether oxygens (including phenoxy) is 3. The van der Waals surface area contributed by atoms with Gasteiger partial charge in [0.1, 0.15) is 24.4 Å². The minimum absolute atomic E-state index is 0.00782. The molecule has 0 aromatic carbocycles. The molecule has 0 radical (unpaired) electrons. The van der Waals surface area contributed by atoms with E-state index in [1.165, 1.54) is 0 Å². The number of hydrogen-bond acceptors (Lipinski definition) is 10. The lowest BCUT2D eigenvalue weighted by Gasteiger charge is -2.64. The maximum atomic E-state index is 12.0. The molecule has 46 heavy (non-hydrogen) atoms. The van der Waals surface area contributed by atoms with E-state index in [2.05, 4.69) is 34.6 Å². The molecular formula is C36H60O10. The molecular weight excluding hydrogens is 592 g/mol. The third kappa shape index (κ3) is 4.24. The average Bonchev–Trinajstić information content (AvgIpc) is 3.31. The molecule has 0 aromatic heterocycles. The fraction of sp³-hybridized carbons (Fsp3) is 1.00. The van der Waals surface area contributed by atoms with Gasteiger partial charge in [0.2, 0.25) is 0 Å². The fourth-order valence-corrected chi connectivity index (χ4v) is 13.6. The average molecular weight is 653 g/mol. The van der Waals surface area contributed by atoms with Crippen LogP contribution in [0.4, 0.5) is 0 Å². The van der Waals surface area contributed by atoms with Crippen molar-refractivity contribution >= 4 is 0 Å². The summed E-state index contributed by atoms with van der Waals surface area (Å²) in [7, 11) is 0. The molecule has 0 unspecified atom stereocenters. The molecule has 7 fully saturated rings. The Labute approximate surface area is 273 Å². The molecule has 10 nitrogen and oxygen atoms in total. The second kappa shape index (κ2) is 10.3. The molecule has 2 aliphatic heterocycles. The first-order chi connectivity index (χ1) is 21.2. The van der Waals surface area contributed by atoms with Crippen LogP contribution in [0.2, 0.25) is 0 Å². The molecule has 2 spiro atoms. The Hall–Kier alpha value is -0.400. The fourth-order valence-electron chi connectivity index (χ4n) is 13.6. The maximum Gasteiger partial charge on any atom is 0.186 e. The van der Waals surface area contributed by atoms with Crippen LogP contribution in [0.25, 0.3) is 0 Å². The summed E-state index contributed by atoms with van der Waals surface area (Å²) in [4.78, 5) is 0. The molecule has 7 N–H and O–H groups in total. The van der Waals surface area contributed by atoms with Gasteiger partial charge in [-0.15, -0.1) is 0 Å². The zero-order chi connectivity index (χ0) is 33.6. The zero-order valence-electron chi connectivity index (χ0n) is 28.9. The smallest absolute Gasteiger partial charge is 0.186 e. The number of rotatable bonds is 5. The molecule has 10 heteroatoms. The summed E-state index contributed by atoms with van der Waals surface area (Å²) in [5.41, 5.74) is -2.51. The van der Waals surface area contributed by atoms with Crippen LogP contribution in [0.3, 0.4) is 0 Å². The van der Waals surface area contributed by atoms with Crippen molar-refractivity contribution in [2.45, 2.75) is 173 Å². The predicted octanol–water partition coefficient (Wildman–Crippen LogP) is 2.26. The van der Waals surface area contributed by atoms with Gasteiger partial charge in [0, 0.05) is 5.92 Å². The molecule has 0 aromatic rings. The van der Waals surface area contributed by atoms with E-state index in [0.29, 0.717) is 19.3 Å². The van der Waals surface area contributed by atoms with Crippen LogP contribution in [-0.2, 0) is 14.2 Å². The molecule has 2 heterocycles. The molecule has 5 aliphatic carbocycles. The number of aliphatic hydroxyl groups is 7. The van der Waals surface area contributed by atoms with Gasteiger partial charge in [0.25, 0.3) is 0 Å². The summed E-state index contributed by atoms with van der Waals surface area (Å²) >= 11 is 0. The van der Waals surface area contributed by atoms with E-state index in [-0.39, 0.29) is 50.9 Å². The first-order valence-corrected chi connectivity index (χ1v) is 17.9. The minimum atomic E-state index is -1.54. The number of hydrogen-bond donors (Lipinski definition) is 7. The van der Waals surface area contributed by atoms with Gasteiger partial charge in [-0.05, 0) is 117 Å². The highest BCUT2D eigenvalue weighted by Gasteiger charge is 2.85. The molecule has 264 valence electrons. The lowest BCUT2D eigenvalue weighted by molar-refractivity contribution is -0.319. The molecule has 0 amide bonds. The van der Waals surface area contributed by atoms with Crippen LogP contribution in [0.1, 0.15) is 106 Å². The van der Waals surface area contributed by atoms with E-state index < -0.39 is 66.8 Å². The SMILES string of the molecule is CC(C)(O)[C@@H]1CC[C@](C)([C@H]2[C@@H](O[C@@H]3O[C@H](CO)[C@@H](O)[C@H](O)[C@H]3O)C[C@@]3(C)[C@H]4C[C@H](O)[C@H]5C(C)(C)[C@@H](O)CC[C@@]56C[C@@]46CC[C@]23C)O1. The van der Waals surface area contributed by atoms with E-state index in [1.54, 1.807) is 13.8 Å². The largest absolute Gasteiger partial charge is 0.394 e. The first kappa shape index (κ1) is 34.1. The Morgan fingerprint density at radius 1 is 0.804 bits per heavy atom. The third-order valence-electron chi connectivity index (χ3n) is 15.9. The molecule has 5 saturated carbocycles. The highest BCUT2D eigenvalue weighted by Crippen LogP contribution is 2.89. The van der Waals surface area contributed by atoms with Gasteiger partial charge in [-0.25, -0.2) is 0 Å². The highest BCUT2D eigenvalue weighted by atomic mass is 16.7. The van der Waals surface area contributed by atoms with Crippen molar-refractivity contribution in [3.63, 3.8) is 0 Å². The number of aliphatic hydroxyl groups excluding tert-OH is 6. The van der Waals surface area contributed by atoms with Gasteiger partial charge in [-0.3, -0.25) is 0 Å². The van der Waals surface area contributed by atoms with E-state index >= 15 is 0 Å². The van der Waals surface area contributed by atoms with Crippen LogP contribution in [-0.4, -0.2) is 109 Å². The van der Waals surface area contributed by atoms with Gasteiger partial charge < -0.3 is 50.0 Å². The lowest BCUT2D eigenvalue weighted by atomic mass is 9.41. The molecule has 7 aliphatic rings. The Morgan fingerprint density at radius 2 is 1.50 bits per heavy atom. The highest BCUT2D eigenvalue weighted by molar-refractivity contribution is 5.33. The lowest BCUT2D eigenvalue weighted by Crippen LogP contribution is -2.62. The predicted molar refractivity (Wildman–Crippen MR) is 167 cm³/mol. The summed E-state index contributed by atoms with van der Waals surface area (Å²) in [6.45, 7) is 14.2. The van der Waals surface area contributed by atoms with Crippen molar-refractivity contribution in [3.05, 3.63) is 0 Å². The van der Waals surface area contributed by atoms with Gasteiger partial charge in [-0.2, -0.15) is 0 Å². The van der Waals surface area contributed by atoms with Crippen LogP contribution in [0.5, 0.6) is 0 Å². The Bertz CT molecular complexity index is 1200. The van der Waals surface area contributed by atoms with E-state index in [4.69, 9.17) is 14.2 Å². The van der Waals surface area contributed by atoms with Gasteiger partial charge >= 0.3 is 0 Å². The monoisotopic (exact) mass is 652 g/mol. The summed E-state index contributed by atoms with van der Waals surface area (Å²) in [6, 6.07) is 0. The van der Waals surface area contributed by atoms with E-state index in [9.17, 15) is 35.7 Å². The van der Waals surface area contributed by atoms with Crippen LogP contribution in [0, 0.1) is 44.8 Å². The van der Waals surface area contributed by atoms with Crippen molar-refractivity contribution in [3.8, 4) is 0 Å². The third-order valence-corrected chi connectivity index (χ3v) is 15.9. The van der Waals surface area contributed by atoms with E-state index in [1.807, 2.05) is 0 Å². The second-order valence-electron chi connectivity index (χ2n) is 18.7. The zero-order valence-corrected chi connectivity index (χ0v) is 28.9. The standard InChI is InChI=1S/C36H60O10/c1-30(2)22(39)8-11-36-17-35(36)13-12-32(5)28(34(7)10-9-23(46-34)31(3,4)43)19(15-33(32,6)21(35)14-18(38)27(30)36)44-29-26(42)25(41)24(40)20(16-37)45-29/h18-29,37-43H,8-17H2,1-7H3/t18-,19-,20+,21+,22-,23-,24+,25-,26+,27-,28-,29+,32+,33-,34+,35-,36+/m0/s1. The summed E-state index contributed by atoms with van der Waals surface area (Å²) in [5.74, 6) is 0.114. The van der Waals surface area contributed by atoms with Crippen LogP contribution >= 0.6 is 0 Å². The van der Waals surface area contributed by atoms with Crippen molar-refractivity contribution in [1.29, 1.82) is 0 Å². The number of fused-ring (bicyclic) bond motifs is 2. The van der Waals surface area contributed by atoms with Gasteiger partial charge in [-0.1, -0.05) is 27.7 Å². The second-order valence-corrected chi connectivity index (χ2v) is 18.7. The summed E-state index contributed by atoms with van der Waals surface area (Å²) < 4.78 is 19.5.